The quantitative estimate of drug-likeness (QED) is 0.825. The number of hydrogen-bond donors (Lipinski definition) is 2. The summed E-state index contributed by atoms with van der Waals surface area (Å²) >= 11 is 3.47. The lowest BCUT2D eigenvalue weighted by atomic mass is 10.0. The molecule has 1 aromatic carbocycles. The highest BCUT2D eigenvalue weighted by molar-refractivity contribution is 9.10. The van der Waals surface area contributed by atoms with Gasteiger partial charge in [0.25, 0.3) is 0 Å². The zero-order chi connectivity index (χ0) is 10.8. The minimum Gasteiger partial charge on any atom is -0.495 e. The molecule has 0 bridgehead atoms. The first-order valence-electron chi connectivity index (χ1n) is 5.09. The van der Waals surface area contributed by atoms with Crippen LogP contribution in [0.4, 0.5) is 5.69 Å². The molecule has 0 amide bonds. The van der Waals surface area contributed by atoms with Crippen molar-refractivity contribution >= 4 is 21.6 Å². The zero-order valence-corrected chi connectivity index (χ0v) is 10.3. The summed E-state index contributed by atoms with van der Waals surface area (Å²) in [4.78, 5) is 0. The number of rotatable bonds is 1. The van der Waals surface area contributed by atoms with Gasteiger partial charge in [-0.25, -0.2) is 0 Å². The van der Waals surface area contributed by atoms with E-state index < -0.39 is 0 Å². The summed E-state index contributed by atoms with van der Waals surface area (Å²) in [6.07, 6.45) is 2.11. The molecule has 4 heteroatoms. The summed E-state index contributed by atoms with van der Waals surface area (Å²) in [5.41, 5.74) is 8.31. The third-order valence-electron chi connectivity index (χ3n) is 2.71. The first kappa shape index (κ1) is 10.8. The monoisotopic (exact) mass is 270 g/mol. The Kier molecular flexibility index (Phi) is 3.17. The Morgan fingerprint density at radius 1 is 1.53 bits per heavy atom. The number of anilines is 1. The van der Waals surface area contributed by atoms with Crippen molar-refractivity contribution in [1.82, 2.24) is 0 Å². The molecular weight excluding hydrogens is 256 g/mol. The van der Waals surface area contributed by atoms with Crippen LogP contribution in [0.1, 0.15) is 24.4 Å². The van der Waals surface area contributed by atoms with Gasteiger partial charge in [0.2, 0.25) is 0 Å². The van der Waals surface area contributed by atoms with Crippen LogP contribution in [0.25, 0.3) is 0 Å². The Hall–Kier alpha value is -0.740. The van der Waals surface area contributed by atoms with Gasteiger partial charge >= 0.3 is 0 Å². The number of nitrogens with two attached hydrogens (primary N) is 1. The van der Waals surface area contributed by atoms with Crippen molar-refractivity contribution in [3.8, 4) is 5.75 Å². The molecule has 1 aliphatic rings. The maximum Gasteiger partial charge on any atom is 0.143 e. The van der Waals surface area contributed by atoms with E-state index in [2.05, 4.69) is 27.3 Å². The summed E-state index contributed by atoms with van der Waals surface area (Å²) in [7, 11) is 1.68. The molecule has 0 saturated carbocycles. The van der Waals surface area contributed by atoms with Crippen molar-refractivity contribution in [2.75, 3.05) is 19.0 Å². The van der Waals surface area contributed by atoms with E-state index in [1.54, 1.807) is 7.11 Å². The average Bonchev–Trinajstić information content (AvgIpc) is 2.40. The van der Waals surface area contributed by atoms with Gasteiger partial charge in [0, 0.05) is 17.1 Å². The highest BCUT2D eigenvalue weighted by Crippen LogP contribution is 2.37. The molecule has 1 atom stereocenters. The number of hydrogen-bond acceptors (Lipinski definition) is 3. The van der Waals surface area contributed by atoms with Crippen molar-refractivity contribution in [1.29, 1.82) is 0 Å². The minimum atomic E-state index is 0.0985. The molecule has 1 aliphatic heterocycles. The van der Waals surface area contributed by atoms with E-state index >= 15 is 0 Å². The van der Waals surface area contributed by atoms with Crippen LogP contribution in [0.3, 0.4) is 0 Å². The third kappa shape index (κ3) is 2.11. The minimum absolute atomic E-state index is 0.0985. The molecule has 3 nitrogen and oxygen atoms in total. The predicted molar refractivity (Wildman–Crippen MR) is 65.3 cm³/mol. The van der Waals surface area contributed by atoms with E-state index in [9.17, 15) is 0 Å². The molecule has 15 heavy (non-hydrogen) atoms. The van der Waals surface area contributed by atoms with E-state index in [0.717, 1.165) is 40.9 Å². The molecule has 0 aliphatic carbocycles. The predicted octanol–water partition coefficient (Wildman–Crippen LogP) is 2.66. The number of halogens is 1. The SMILES string of the molecule is COc1cc(Br)cc2c1NCCCC2N. The summed E-state index contributed by atoms with van der Waals surface area (Å²) in [5, 5.41) is 3.38. The highest BCUT2D eigenvalue weighted by Gasteiger charge is 2.18. The Morgan fingerprint density at radius 3 is 3.07 bits per heavy atom. The number of benzene rings is 1. The maximum atomic E-state index is 6.12. The van der Waals surface area contributed by atoms with Gasteiger partial charge in [0.05, 0.1) is 12.8 Å². The average molecular weight is 271 g/mol. The van der Waals surface area contributed by atoms with E-state index in [1.807, 2.05) is 6.07 Å². The van der Waals surface area contributed by atoms with Crippen LogP contribution in [-0.4, -0.2) is 13.7 Å². The summed E-state index contributed by atoms with van der Waals surface area (Å²) in [5.74, 6) is 0.858. The molecule has 1 heterocycles. The van der Waals surface area contributed by atoms with Crippen LogP contribution in [0.2, 0.25) is 0 Å². The Labute approximate surface area is 98.1 Å². The molecule has 0 aromatic heterocycles. The topological polar surface area (TPSA) is 47.3 Å². The van der Waals surface area contributed by atoms with Crippen molar-refractivity contribution in [2.24, 2.45) is 5.73 Å². The number of fused-ring (bicyclic) bond motifs is 1. The van der Waals surface area contributed by atoms with Crippen LogP contribution in [-0.2, 0) is 0 Å². The van der Waals surface area contributed by atoms with E-state index in [0.29, 0.717) is 0 Å². The fourth-order valence-corrected chi connectivity index (χ4v) is 2.39. The second-order valence-electron chi connectivity index (χ2n) is 3.75. The highest BCUT2D eigenvalue weighted by atomic mass is 79.9. The van der Waals surface area contributed by atoms with Gasteiger partial charge in [-0.05, 0) is 30.5 Å². The third-order valence-corrected chi connectivity index (χ3v) is 3.17. The zero-order valence-electron chi connectivity index (χ0n) is 8.72. The van der Waals surface area contributed by atoms with Gasteiger partial charge in [0.1, 0.15) is 5.75 Å². The maximum absolute atomic E-state index is 6.12. The molecule has 0 radical (unpaired) electrons. The van der Waals surface area contributed by atoms with Crippen LogP contribution in [0.5, 0.6) is 5.75 Å². The lowest BCUT2D eigenvalue weighted by Crippen LogP contribution is -2.10. The first-order valence-corrected chi connectivity index (χ1v) is 5.88. The Morgan fingerprint density at radius 2 is 2.33 bits per heavy atom. The van der Waals surface area contributed by atoms with E-state index in [1.165, 1.54) is 0 Å². The lowest BCUT2D eigenvalue weighted by Gasteiger charge is -2.16. The smallest absolute Gasteiger partial charge is 0.143 e. The fourth-order valence-electron chi connectivity index (χ4n) is 1.94. The summed E-state index contributed by atoms with van der Waals surface area (Å²) in [6.45, 7) is 0.957. The van der Waals surface area contributed by atoms with Crippen LogP contribution >= 0.6 is 15.9 Å². The number of methoxy groups -OCH3 is 1. The molecule has 0 spiro atoms. The molecule has 3 N–H and O–H groups in total. The second kappa shape index (κ2) is 4.41. The molecular formula is C11H15BrN2O. The normalized spacial score (nSPS) is 20.1. The molecule has 1 unspecified atom stereocenters. The van der Waals surface area contributed by atoms with Gasteiger partial charge < -0.3 is 15.8 Å². The van der Waals surface area contributed by atoms with Crippen molar-refractivity contribution in [2.45, 2.75) is 18.9 Å². The van der Waals surface area contributed by atoms with Gasteiger partial charge in [-0.2, -0.15) is 0 Å². The largest absolute Gasteiger partial charge is 0.495 e. The standard InChI is InChI=1S/C11H15BrN2O/c1-15-10-6-7(12)5-8-9(13)3-2-4-14-11(8)10/h5-6,9,14H,2-4,13H2,1H3. The van der Waals surface area contributed by atoms with Crippen LogP contribution < -0.4 is 15.8 Å². The van der Waals surface area contributed by atoms with Crippen LogP contribution in [0, 0.1) is 0 Å². The number of nitrogens with one attached hydrogen (secondary N) is 1. The summed E-state index contributed by atoms with van der Waals surface area (Å²) in [6, 6.07) is 4.13. The van der Waals surface area contributed by atoms with Gasteiger partial charge in [-0.1, -0.05) is 15.9 Å². The molecule has 1 aromatic rings. The van der Waals surface area contributed by atoms with Gasteiger partial charge in [-0.3, -0.25) is 0 Å². The molecule has 0 fully saturated rings. The van der Waals surface area contributed by atoms with Gasteiger partial charge in [-0.15, -0.1) is 0 Å². The van der Waals surface area contributed by atoms with Crippen molar-refractivity contribution < 1.29 is 4.74 Å². The van der Waals surface area contributed by atoms with E-state index in [-0.39, 0.29) is 6.04 Å². The van der Waals surface area contributed by atoms with Crippen molar-refractivity contribution in [3.05, 3.63) is 22.2 Å². The molecule has 2 rings (SSSR count). The Balaban J connectivity index is 2.52. The van der Waals surface area contributed by atoms with Gasteiger partial charge in [0.15, 0.2) is 0 Å². The lowest BCUT2D eigenvalue weighted by molar-refractivity contribution is 0.415. The fraction of sp³-hybridized carbons (Fsp3) is 0.455. The van der Waals surface area contributed by atoms with Crippen molar-refractivity contribution in [3.63, 3.8) is 0 Å². The number of ether oxygens (including phenoxy) is 1. The molecule has 82 valence electrons. The second-order valence-corrected chi connectivity index (χ2v) is 4.66. The first-order chi connectivity index (χ1) is 7.22. The molecule has 0 saturated heterocycles. The summed E-state index contributed by atoms with van der Waals surface area (Å²) < 4.78 is 6.36. The van der Waals surface area contributed by atoms with Crippen LogP contribution in [0.15, 0.2) is 16.6 Å². The van der Waals surface area contributed by atoms with E-state index in [4.69, 9.17) is 10.5 Å². The Bertz CT molecular complexity index is 368.